The van der Waals surface area contributed by atoms with Gasteiger partial charge in [0.15, 0.2) is 0 Å². The van der Waals surface area contributed by atoms with Crippen LogP contribution in [0.1, 0.15) is 0 Å². The number of rotatable bonds is 3. The molecule has 0 heterocycles. The fourth-order valence-electron chi connectivity index (χ4n) is 1.47. The summed E-state index contributed by atoms with van der Waals surface area (Å²) < 4.78 is 39.6. The van der Waals surface area contributed by atoms with E-state index in [0.29, 0.717) is 0 Å². The highest BCUT2D eigenvalue weighted by molar-refractivity contribution is 7.92. The van der Waals surface area contributed by atoms with E-state index in [0.717, 1.165) is 12.1 Å². The van der Waals surface area contributed by atoms with Crippen molar-refractivity contribution in [3.05, 3.63) is 53.3 Å². The fourth-order valence-corrected chi connectivity index (χ4v) is 3.07. The van der Waals surface area contributed by atoms with E-state index < -0.39 is 15.8 Å². The molecule has 2 rings (SSSR count). The van der Waals surface area contributed by atoms with E-state index in [1.165, 1.54) is 12.1 Å². The first-order valence-corrected chi connectivity index (χ1v) is 7.08. The van der Waals surface area contributed by atoms with Gasteiger partial charge >= 0.3 is 0 Å². The van der Waals surface area contributed by atoms with Gasteiger partial charge < -0.3 is 5.73 Å². The number of benzene rings is 2. The molecule has 0 aliphatic carbocycles. The highest BCUT2D eigenvalue weighted by Crippen LogP contribution is 2.26. The van der Waals surface area contributed by atoms with Crippen LogP contribution < -0.4 is 10.5 Å². The van der Waals surface area contributed by atoms with Crippen molar-refractivity contribution in [1.29, 1.82) is 0 Å². The van der Waals surface area contributed by atoms with Gasteiger partial charge in [-0.25, -0.2) is 12.8 Å². The first kappa shape index (κ1) is 13.6. The topological polar surface area (TPSA) is 72.2 Å². The number of nitrogen functional groups attached to an aromatic ring is 1. The lowest BCUT2D eigenvalue weighted by Gasteiger charge is -2.11. The normalized spacial score (nSPS) is 11.3. The summed E-state index contributed by atoms with van der Waals surface area (Å²) in [6, 6.07) is 9.46. The number of nitrogens with two attached hydrogens (primary N) is 1. The number of para-hydroxylation sites is 2. The van der Waals surface area contributed by atoms with Crippen LogP contribution in [0.15, 0.2) is 47.4 Å². The van der Waals surface area contributed by atoms with Crippen LogP contribution in [0.2, 0.25) is 5.02 Å². The number of nitrogens with one attached hydrogen (secondary N) is 1. The fraction of sp³-hybridized carbons (Fsp3) is 0. The van der Waals surface area contributed by atoms with Gasteiger partial charge in [-0.2, -0.15) is 0 Å². The first-order valence-electron chi connectivity index (χ1n) is 5.22. The van der Waals surface area contributed by atoms with E-state index in [2.05, 4.69) is 4.72 Å². The molecule has 0 saturated heterocycles. The van der Waals surface area contributed by atoms with Crippen molar-refractivity contribution in [2.24, 2.45) is 0 Å². The summed E-state index contributed by atoms with van der Waals surface area (Å²) in [5.74, 6) is -0.689. The summed E-state index contributed by atoms with van der Waals surface area (Å²) in [7, 11) is -3.99. The average Bonchev–Trinajstić information content (AvgIpc) is 2.35. The molecule has 0 aromatic heterocycles. The molecule has 3 N–H and O–H groups in total. The molecule has 4 nitrogen and oxygen atoms in total. The van der Waals surface area contributed by atoms with E-state index in [-0.39, 0.29) is 21.3 Å². The number of anilines is 2. The second-order valence-corrected chi connectivity index (χ2v) is 5.83. The Kier molecular flexibility index (Phi) is 3.64. The molecule has 2 aromatic rings. The van der Waals surface area contributed by atoms with Gasteiger partial charge in [-0.15, -0.1) is 0 Å². The molecule has 7 heteroatoms. The SMILES string of the molecule is Nc1ccccc1NS(=O)(=O)c1cc(F)ccc1Cl. The van der Waals surface area contributed by atoms with Gasteiger partial charge in [0.25, 0.3) is 10.0 Å². The lowest BCUT2D eigenvalue weighted by molar-refractivity contribution is 0.595. The zero-order valence-corrected chi connectivity index (χ0v) is 11.2. The molecule has 0 fully saturated rings. The van der Waals surface area contributed by atoms with E-state index in [9.17, 15) is 12.8 Å². The standard InChI is InChI=1S/C12H10ClFN2O2S/c13-9-6-5-8(14)7-12(9)19(17,18)16-11-4-2-1-3-10(11)15/h1-7,16H,15H2. The Morgan fingerprint density at radius 2 is 1.84 bits per heavy atom. The maximum atomic E-state index is 13.1. The molecule has 0 radical (unpaired) electrons. The number of halogens is 2. The van der Waals surface area contributed by atoms with Gasteiger partial charge in [-0.05, 0) is 30.3 Å². The number of hydrogen-bond acceptors (Lipinski definition) is 3. The van der Waals surface area contributed by atoms with Gasteiger partial charge in [0, 0.05) is 0 Å². The molecular weight excluding hydrogens is 291 g/mol. The predicted octanol–water partition coefficient (Wildman–Crippen LogP) is 2.86. The minimum atomic E-state index is -3.99. The summed E-state index contributed by atoms with van der Waals surface area (Å²) in [6.45, 7) is 0. The highest BCUT2D eigenvalue weighted by atomic mass is 35.5. The molecule has 19 heavy (non-hydrogen) atoms. The third kappa shape index (κ3) is 2.97. The Balaban J connectivity index is 2.44. The Labute approximate surface area is 115 Å². The monoisotopic (exact) mass is 300 g/mol. The van der Waals surface area contributed by atoms with Crippen LogP contribution in [-0.4, -0.2) is 8.42 Å². The van der Waals surface area contributed by atoms with Crippen molar-refractivity contribution >= 4 is 33.0 Å². The lowest BCUT2D eigenvalue weighted by Crippen LogP contribution is -2.14. The van der Waals surface area contributed by atoms with Crippen LogP contribution in [-0.2, 0) is 10.0 Å². The van der Waals surface area contributed by atoms with Crippen LogP contribution in [0.25, 0.3) is 0 Å². The van der Waals surface area contributed by atoms with Gasteiger partial charge in [0.1, 0.15) is 10.7 Å². The quantitative estimate of drug-likeness (QED) is 0.856. The van der Waals surface area contributed by atoms with Gasteiger partial charge in [0.05, 0.1) is 16.4 Å². The summed E-state index contributed by atoms with van der Waals surface area (Å²) in [6.07, 6.45) is 0. The Morgan fingerprint density at radius 3 is 2.53 bits per heavy atom. The molecular formula is C12H10ClFN2O2S. The van der Waals surface area contributed by atoms with E-state index >= 15 is 0 Å². The Morgan fingerprint density at radius 1 is 1.16 bits per heavy atom. The number of sulfonamides is 1. The summed E-state index contributed by atoms with van der Waals surface area (Å²) in [5.41, 5.74) is 6.11. The van der Waals surface area contributed by atoms with Crippen molar-refractivity contribution in [3.8, 4) is 0 Å². The Hall–Kier alpha value is -1.79. The maximum absolute atomic E-state index is 13.1. The second-order valence-electron chi connectivity index (χ2n) is 3.77. The Bertz CT molecular complexity index is 719. The van der Waals surface area contributed by atoms with Crippen molar-refractivity contribution in [2.75, 3.05) is 10.5 Å². The third-order valence-electron chi connectivity index (χ3n) is 2.39. The van der Waals surface area contributed by atoms with Crippen molar-refractivity contribution in [1.82, 2.24) is 0 Å². The molecule has 0 amide bonds. The van der Waals surface area contributed by atoms with E-state index in [1.807, 2.05) is 0 Å². The van der Waals surface area contributed by atoms with Crippen LogP contribution in [0.4, 0.5) is 15.8 Å². The zero-order chi connectivity index (χ0) is 14.0. The van der Waals surface area contributed by atoms with Crippen LogP contribution in [0, 0.1) is 5.82 Å². The molecule has 0 bridgehead atoms. The smallest absolute Gasteiger partial charge is 0.263 e. The molecule has 0 aliphatic rings. The third-order valence-corrected chi connectivity index (χ3v) is 4.23. The molecule has 0 unspecified atom stereocenters. The van der Waals surface area contributed by atoms with E-state index in [1.54, 1.807) is 18.2 Å². The summed E-state index contributed by atoms with van der Waals surface area (Å²) >= 11 is 5.77. The lowest BCUT2D eigenvalue weighted by atomic mass is 10.3. The molecule has 100 valence electrons. The molecule has 0 atom stereocenters. The maximum Gasteiger partial charge on any atom is 0.263 e. The second kappa shape index (κ2) is 5.07. The van der Waals surface area contributed by atoms with Gasteiger partial charge in [0.2, 0.25) is 0 Å². The van der Waals surface area contributed by atoms with Crippen LogP contribution in [0.5, 0.6) is 0 Å². The highest BCUT2D eigenvalue weighted by Gasteiger charge is 2.19. The largest absolute Gasteiger partial charge is 0.397 e. The van der Waals surface area contributed by atoms with Crippen molar-refractivity contribution in [3.63, 3.8) is 0 Å². The minimum Gasteiger partial charge on any atom is -0.397 e. The summed E-state index contributed by atoms with van der Waals surface area (Å²) in [5, 5.41) is -0.0663. The molecule has 0 spiro atoms. The van der Waals surface area contributed by atoms with Crippen LogP contribution >= 0.6 is 11.6 Å². The summed E-state index contributed by atoms with van der Waals surface area (Å²) in [4.78, 5) is -0.336. The molecule has 2 aromatic carbocycles. The van der Waals surface area contributed by atoms with Crippen molar-refractivity contribution < 1.29 is 12.8 Å². The van der Waals surface area contributed by atoms with Crippen molar-refractivity contribution in [2.45, 2.75) is 4.90 Å². The molecule has 0 saturated carbocycles. The minimum absolute atomic E-state index is 0.0663. The van der Waals surface area contributed by atoms with Gasteiger partial charge in [-0.3, -0.25) is 4.72 Å². The molecule has 0 aliphatic heterocycles. The van der Waals surface area contributed by atoms with Gasteiger partial charge in [-0.1, -0.05) is 23.7 Å². The zero-order valence-electron chi connectivity index (χ0n) is 9.60. The average molecular weight is 301 g/mol. The number of hydrogen-bond donors (Lipinski definition) is 2. The first-order chi connectivity index (χ1) is 8.90. The van der Waals surface area contributed by atoms with E-state index in [4.69, 9.17) is 17.3 Å². The van der Waals surface area contributed by atoms with Crippen LogP contribution in [0.3, 0.4) is 0 Å². The predicted molar refractivity (Wildman–Crippen MR) is 73.1 cm³/mol.